The van der Waals surface area contributed by atoms with Crippen molar-refractivity contribution in [2.24, 2.45) is 5.92 Å². The molecule has 192 valence electrons. The van der Waals surface area contributed by atoms with Crippen molar-refractivity contribution in [1.29, 1.82) is 0 Å². The lowest BCUT2D eigenvalue weighted by Gasteiger charge is -2.26. The highest BCUT2D eigenvalue weighted by atomic mass is 32.2. The van der Waals surface area contributed by atoms with Crippen molar-refractivity contribution >= 4 is 35.5 Å². The van der Waals surface area contributed by atoms with E-state index in [1.807, 2.05) is 0 Å². The topological polar surface area (TPSA) is 84.0 Å². The van der Waals surface area contributed by atoms with E-state index in [0.29, 0.717) is 6.42 Å². The Morgan fingerprint density at radius 1 is 1.06 bits per heavy atom. The third-order valence-corrected chi connectivity index (χ3v) is 7.42. The molecule has 2 heterocycles. The summed E-state index contributed by atoms with van der Waals surface area (Å²) in [5.74, 6) is -13.3. The van der Waals surface area contributed by atoms with Gasteiger partial charge in [0.2, 0.25) is 23.5 Å². The van der Waals surface area contributed by atoms with Crippen LogP contribution in [0.4, 0.5) is 22.0 Å². The van der Waals surface area contributed by atoms with Crippen molar-refractivity contribution in [2.45, 2.75) is 51.0 Å². The fourth-order valence-corrected chi connectivity index (χ4v) is 5.22. The molecule has 1 aromatic rings. The Labute approximate surface area is 201 Å². The summed E-state index contributed by atoms with van der Waals surface area (Å²) >= 11 is 1.17. The molecule has 7 nitrogen and oxygen atoms in total. The number of benzene rings is 1. The molecule has 2 saturated heterocycles. The fraction of sp³-hybridized carbons (Fsp3) is 0.545. The standard InChI is InChI=1S/C22H23F5N2O5S/c1-3-28-14(30)7-13(21(28)32)35-9-10(2)20(31)29-6-4-5-12(29)22(33)34-8-11-15(23)17(25)19(27)18(26)16(11)24/h10,12-13H,3-9H2,1-2H3. The molecule has 2 aliphatic heterocycles. The number of rotatable bonds is 8. The number of esters is 1. The maximum absolute atomic E-state index is 13.8. The molecular weight excluding hydrogens is 499 g/mol. The van der Waals surface area contributed by atoms with Crippen molar-refractivity contribution < 1.29 is 45.9 Å². The van der Waals surface area contributed by atoms with E-state index in [1.54, 1.807) is 13.8 Å². The van der Waals surface area contributed by atoms with Gasteiger partial charge in [-0.2, -0.15) is 0 Å². The predicted octanol–water partition coefficient (Wildman–Crippen LogP) is 2.93. The predicted molar refractivity (Wildman–Crippen MR) is 113 cm³/mol. The zero-order valence-corrected chi connectivity index (χ0v) is 19.7. The van der Waals surface area contributed by atoms with Gasteiger partial charge in [-0.25, -0.2) is 26.7 Å². The Kier molecular flexibility index (Phi) is 8.39. The summed E-state index contributed by atoms with van der Waals surface area (Å²) in [4.78, 5) is 51.9. The molecule has 0 aromatic heterocycles. The second-order valence-corrected chi connectivity index (χ2v) is 9.48. The molecule has 0 radical (unpaired) electrons. The van der Waals surface area contributed by atoms with Crippen LogP contribution >= 0.6 is 11.8 Å². The smallest absolute Gasteiger partial charge is 0.329 e. The quantitative estimate of drug-likeness (QED) is 0.172. The lowest BCUT2D eigenvalue weighted by Crippen LogP contribution is -2.44. The summed E-state index contributed by atoms with van der Waals surface area (Å²) in [5.41, 5.74) is -1.28. The number of hydrogen-bond acceptors (Lipinski definition) is 6. The van der Waals surface area contributed by atoms with Crippen LogP contribution in [0.15, 0.2) is 0 Å². The summed E-state index contributed by atoms with van der Waals surface area (Å²) in [6, 6.07) is -1.08. The number of nitrogens with zero attached hydrogens (tertiary/aromatic N) is 2. The zero-order valence-electron chi connectivity index (χ0n) is 18.9. The SMILES string of the molecule is CCN1C(=O)CC(SCC(C)C(=O)N2CCCC2C(=O)OCc2c(F)c(F)c(F)c(F)c2F)C1=O. The first-order chi connectivity index (χ1) is 16.5. The van der Waals surface area contributed by atoms with E-state index < -0.39 is 70.3 Å². The number of ether oxygens (including phenoxy) is 1. The van der Waals surface area contributed by atoms with Crippen LogP contribution in [0.25, 0.3) is 0 Å². The maximum Gasteiger partial charge on any atom is 0.329 e. The third-order valence-electron chi connectivity index (χ3n) is 5.96. The number of hydrogen-bond donors (Lipinski definition) is 0. The molecule has 13 heteroatoms. The second-order valence-electron chi connectivity index (χ2n) is 8.25. The van der Waals surface area contributed by atoms with Crippen molar-refractivity contribution in [3.8, 4) is 0 Å². The van der Waals surface area contributed by atoms with Crippen LogP contribution < -0.4 is 0 Å². The first-order valence-corrected chi connectivity index (χ1v) is 12.0. The number of carbonyl (C=O) groups is 4. The molecule has 3 amide bonds. The van der Waals surface area contributed by atoms with Crippen LogP contribution in [0, 0.1) is 35.0 Å². The summed E-state index contributed by atoms with van der Waals surface area (Å²) in [6.45, 7) is 2.57. The van der Waals surface area contributed by atoms with Gasteiger partial charge in [-0.05, 0) is 19.8 Å². The van der Waals surface area contributed by atoms with E-state index in [2.05, 4.69) is 0 Å². The third kappa shape index (κ3) is 5.29. The van der Waals surface area contributed by atoms with Crippen LogP contribution in [-0.4, -0.2) is 63.6 Å². The summed E-state index contributed by atoms with van der Waals surface area (Å²) in [5, 5.41) is -0.585. The maximum atomic E-state index is 13.8. The van der Waals surface area contributed by atoms with E-state index in [0.717, 1.165) is 4.90 Å². The average molecular weight is 522 g/mol. The number of halogens is 5. The number of imide groups is 1. The highest BCUT2D eigenvalue weighted by molar-refractivity contribution is 8.00. The normalized spacial score (nSPS) is 21.1. The van der Waals surface area contributed by atoms with Gasteiger partial charge >= 0.3 is 5.97 Å². The molecule has 0 aliphatic carbocycles. The number of carbonyl (C=O) groups excluding carboxylic acids is 4. The van der Waals surface area contributed by atoms with Gasteiger partial charge < -0.3 is 9.64 Å². The second kappa shape index (κ2) is 10.9. The van der Waals surface area contributed by atoms with E-state index in [4.69, 9.17) is 4.74 Å². The minimum Gasteiger partial charge on any atom is -0.459 e. The van der Waals surface area contributed by atoms with Crippen LogP contribution in [0.5, 0.6) is 0 Å². The van der Waals surface area contributed by atoms with Gasteiger partial charge in [-0.15, -0.1) is 11.8 Å². The van der Waals surface area contributed by atoms with Crippen molar-refractivity contribution in [1.82, 2.24) is 9.80 Å². The molecule has 0 bridgehead atoms. The molecular formula is C22H23F5N2O5S. The molecule has 2 aliphatic rings. The summed E-state index contributed by atoms with van der Waals surface area (Å²) < 4.78 is 72.4. The first kappa shape index (κ1) is 26.9. The van der Waals surface area contributed by atoms with Gasteiger partial charge in [-0.1, -0.05) is 6.92 Å². The van der Waals surface area contributed by atoms with Crippen LogP contribution in [0.3, 0.4) is 0 Å². The van der Waals surface area contributed by atoms with Gasteiger partial charge in [0.1, 0.15) is 12.6 Å². The molecule has 2 fully saturated rings. The molecule has 1 aromatic carbocycles. The minimum absolute atomic E-state index is 0.0502. The Bertz CT molecular complexity index is 1030. The van der Waals surface area contributed by atoms with Gasteiger partial charge in [0, 0.05) is 31.2 Å². The van der Waals surface area contributed by atoms with Gasteiger partial charge in [-0.3, -0.25) is 19.3 Å². The molecule has 3 rings (SSSR count). The van der Waals surface area contributed by atoms with E-state index >= 15 is 0 Å². The van der Waals surface area contributed by atoms with Gasteiger partial charge in [0.05, 0.1) is 10.8 Å². The molecule has 0 spiro atoms. The molecule has 3 unspecified atom stereocenters. The molecule has 35 heavy (non-hydrogen) atoms. The lowest BCUT2D eigenvalue weighted by molar-refractivity contribution is -0.155. The Balaban J connectivity index is 1.60. The monoisotopic (exact) mass is 522 g/mol. The highest BCUT2D eigenvalue weighted by Crippen LogP contribution is 2.29. The zero-order chi connectivity index (χ0) is 26.0. The molecule has 0 N–H and O–H groups in total. The summed E-state index contributed by atoms with van der Waals surface area (Å²) in [6.07, 6.45) is 0.687. The van der Waals surface area contributed by atoms with Crippen LogP contribution in [-0.2, 0) is 30.5 Å². The minimum atomic E-state index is -2.32. The highest BCUT2D eigenvalue weighted by Gasteiger charge is 2.40. The van der Waals surface area contributed by atoms with Gasteiger partial charge in [0.25, 0.3) is 0 Å². The van der Waals surface area contributed by atoms with Crippen LogP contribution in [0.2, 0.25) is 0 Å². The number of thioether (sulfide) groups is 1. The van der Waals surface area contributed by atoms with Crippen LogP contribution in [0.1, 0.15) is 38.7 Å². The van der Waals surface area contributed by atoms with Crippen molar-refractivity contribution in [2.75, 3.05) is 18.8 Å². The number of amides is 3. The summed E-state index contributed by atoms with van der Waals surface area (Å²) in [7, 11) is 0. The van der Waals surface area contributed by atoms with E-state index in [-0.39, 0.29) is 43.5 Å². The molecule has 0 saturated carbocycles. The Morgan fingerprint density at radius 3 is 2.23 bits per heavy atom. The van der Waals surface area contributed by atoms with E-state index in [9.17, 15) is 41.1 Å². The number of likely N-dealkylation sites (tertiary alicyclic amines) is 2. The van der Waals surface area contributed by atoms with Gasteiger partial charge in [0.15, 0.2) is 23.3 Å². The molecule has 3 atom stereocenters. The Hall–Kier alpha value is -2.70. The van der Waals surface area contributed by atoms with Crippen molar-refractivity contribution in [3.63, 3.8) is 0 Å². The van der Waals surface area contributed by atoms with E-state index in [1.165, 1.54) is 16.7 Å². The first-order valence-electron chi connectivity index (χ1n) is 10.9. The lowest BCUT2D eigenvalue weighted by atomic mass is 10.1. The average Bonchev–Trinajstić information content (AvgIpc) is 3.43. The Morgan fingerprint density at radius 2 is 1.66 bits per heavy atom. The van der Waals surface area contributed by atoms with Crippen molar-refractivity contribution in [3.05, 3.63) is 34.6 Å². The largest absolute Gasteiger partial charge is 0.459 e. The fourth-order valence-electron chi connectivity index (χ4n) is 4.02.